The number of phenols is 1. The Labute approximate surface area is 276 Å². The molecule has 10 nitrogen and oxygen atoms in total. The number of carbonyl (C=O) groups excluding carboxylic acids is 3. The molecule has 4 amide bonds. The number of piperidine rings is 2. The molecule has 2 N–H and O–H groups in total. The van der Waals surface area contributed by atoms with E-state index in [1.807, 2.05) is 24.3 Å². The fourth-order valence-corrected chi connectivity index (χ4v) is 7.46. The number of likely N-dealkylation sites (tertiary alicyclic amines) is 3. The third-order valence-corrected chi connectivity index (χ3v) is 10.1. The number of anilines is 1. The van der Waals surface area contributed by atoms with Crippen LogP contribution in [-0.2, 0) is 28.7 Å². The summed E-state index contributed by atoms with van der Waals surface area (Å²) in [5.74, 6) is -1.57. The summed E-state index contributed by atoms with van der Waals surface area (Å²) < 4.78 is 46.8. The van der Waals surface area contributed by atoms with Gasteiger partial charge in [0.1, 0.15) is 5.75 Å². The van der Waals surface area contributed by atoms with Gasteiger partial charge < -0.3 is 34.8 Å². The molecule has 0 aromatic heterocycles. The molecule has 14 heteroatoms. The van der Waals surface area contributed by atoms with Crippen LogP contribution in [-0.4, -0.2) is 100 Å². The van der Waals surface area contributed by atoms with Crippen LogP contribution in [0, 0.1) is 0 Å². The molecule has 4 aliphatic heterocycles. The molecule has 0 saturated carbocycles. The van der Waals surface area contributed by atoms with Crippen molar-refractivity contribution in [2.24, 2.45) is 0 Å². The van der Waals surface area contributed by atoms with Crippen LogP contribution in [0.1, 0.15) is 55.2 Å². The van der Waals surface area contributed by atoms with Crippen LogP contribution >= 0.6 is 11.6 Å². The summed E-state index contributed by atoms with van der Waals surface area (Å²) in [5, 5.41) is 12.4. The molecule has 3 fully saturated rings. The lowest BCUT2D eigenvalue weighted by atomic mass is 10.00. The molecule has 0 radical (unpaired) electrons. The number of hydrogen-bond acceptors (Lipinski definition) is 6. The molecule has 47 heavy (non-hydrogen) atoms. The highest BCUT2D eigenvalue weighted by Gasteiger charge is 2.39. The van der Waals surface area contributed by atoms with Crippen LogP contribution in [0.25, 0.3) is 0 Å². The third-order valence-electron chi connectivity index (χ3n) is 9.83. The van der Waals surface area contributed by atoms with Crippen LogP contribution in [0.15, 0.2) is 36.4 Å². The monoisotopic (exact) mass is 677 g/mol. The van der Waals surface area contributed by atoms with Crippen LogP contribution in [0.4, 0.5) is 28.4 Å². The molecule has 2 aromatic rings. The number of alkyl halides is 3. The summed E-state index contributed by atoms with van der Waals surface area (Å²) >= 11 is 5.96. The molecule has 4 heterocycles. The molecular weight excluding hydrogens is 639 g/mol. The highest BCUT2D eigenvalue weighted by Crippen LogP contribution is 2.41. The number of aromatic hydroxyl groups is 1. The van der Waals surface area contributed by atoms with Crippen molar-refractivity contribution in [2.45, 2.75) is 75.9 Å². The smallest absolute Gasteiger partial charge is 0.420 e. The number of ether oxygens (including phenoxy) is 1. The Morgan fingerprint density at radius 1 is 0.957 bits per heavy atom. The van der Waals surface area contributed by atoms with Crippen LogP contribution in [0.2, 0.25) is 5.02 Å². The van der Waals surface area contributed by atoms with Gasteiger partial charge in [-0.1, -0.05) is 29.8 Å². The second-order valence-electron chi connectivity index (χ2n) is 12.8. The fraction of sp³-hybridized carbons (Fsp3) is 0.545. The van der Waals surface area contributed by atoms with Crippen molar-refractivity contribution in [3.05, 3.63) is 58.1 Å². The van der Waals surface area contributed by atoms with E-state index in [1.54, 1.807) is 9.80 Å². The van der Waals surface area contributed by atoms with Crippen molar-refractivity contribution in [3.8, 4) is 5.75 Å². The van der Waals surface area contributed by atoms with Gasteiger partial charge in [-0.25, -0.2) is 9.59 Å². The number of fused-ring (bicyclic) bond motifs is 1. The minimum atomic E-state index is -4.88. The number of para-hydroxylation sites is 1. The minimum absolute atomic E-state index is 0.00771. The number of amides is 4. The van der Waals surface area contributed by atoms with Gasteiger partial charge in [0.15, 0.2) is 6.10 Å². The predicted molar refractivity (Wildman–Crippen MR) is 168 cm³/mol. The number of phenolic OH excluding ortho intramolecular Hbond substituents is 1. The maximum absolute atomic E-state index is 13.8. The average molecular weight is 678 g/mol. The lowest BCUT2D eigenvalue weighted by Crippen LogP contribution is -2.53. The van der Waals surface area contributed by atoms with Crippen LogP contribution < -0.4 is 5.32 Å². The van der Waals surface area contributed by atoms with E-state index >= 15 is 0 Å². The van der Waals surface area contributed by atoms with Gasteiger partial charge in [-0.3, -0.25) is 4.79 Å². The second kappa shape index (κ2) is 13.8. The van der Waals surface area contributed by atoms with Crippen molar-refractivity contribution in [2.75, 3.05) is 44.6 Å². The molecule has 0 bridgehead atoms. The average Bonchev–Trinajstić information content (AvgIpc) is 3.60. The van der Waals surface area contributed by atoms with E-state index in [9.17, 15) is 32.7 Å². The first-order valence-electron chi connectivity index (χ1n) is 16.2. The van der Waals surface area contributed by atoms with E-state index in [4.69, 9.17) is 16.3 Å². The predicted octanol–water partition coefficient (Wildman–Crippen LogP) is 5.71. The summed E-state index contributed by atoms with van der Waals surface area (Å²) in [5.41, 5.74) is 0.467. The summed E-state index contributed by atoms with van der Waals surface area (Å²) in [6.07, 6.45) is -2.54. The zero-order valence-corrected chi connectivity index (χ0v) is 26.7. The number of rotatable bonds is 6. The Balaban J connectivity index is 1.13. The SMILES string of the molecule is O=C(OC(Cc1cc(Cl)c(O)c(C(F)(F)F)c1)C(=O)N1CCC(N2CCCC2)CC1)N1CCC(N2Cc3ccccc3NC2=O)CC1. The van der Waals surface area contributed by atoms with Gasteiger partial charge in [0.05, 0.1) is 10.6 Å². The Hall–Kier alpha value is -3.71. The van der Waals surface area contributed by atoms with Gasteiger partial charge >= 0.3 is 18.3 Å². The standard InChI is InChI=1S/C33H39ClF3N5O5/c34-26-18-21(17-25(29(26)43)33(35,36)37)19-28(30(44)40-13-7-23(8-14-40)39-11-3-4-12-39)47-32(46)41-15-9-24(10-16-41)42-20-22-5-1-2-6-27(22)38-31(42)45/h1-2,5-6,17-18,23-24,28,43H,3-4,7-16,19-20H2,(H,38,45). The fourth-order valence-electron chi connectivity index (χ4n) is 7.22. The molecule has 1 unspecified atom stereocenters. The largest absolute Gasteiger partial charge is 0.506 e. The summed E-state index contributed by atoms with van der Waals surface area (Å²) in [6.45, 7) is 3.98. The van der Waals surface area contributed by atoms with Gasteiger partial charge in [-0.05, 0) is 80.9 Å². The van der Waals surface area contributed by atoms with Crippen molar-refractivity contribution in [1.82, 2.24) is 19.6 Å². The molecule has 4 aliphatic rings. The van der Waals surface area contributed by atoms with Gasteiger partial charge in [0.2, 0.25) is 0 Å². The number of urea groups is 1. The zero-order chi connectivity index (χ0) is 33.3. The van der Waals surface area contributed by atoms with E-state index in [0.717, 1.165) is 62.2 Å². The first-order valence-corrected chi connectivity index (χ1v) is 16.6. The maximum atomic E-state index is 13.8. The number of benzene rings is 2. The Bertz CT molecular complexity index is 1490. The van der Waals surface area contributed by atoms with Gasteiger partial charge in [-0.2, -0.15) is 13.2 Å². The molecule has 2 aromatic carbocycles. The van der Waals surface area contributed by atoms with Gasteiger partial charge in [0, 0.05) is 56.9 Å². The minimum Gasteiger partial charge on any atom is -0.506 e. The Kier molecular flexibility index (Phi) is 9.75. The highest BCUT2D eigenvalue weighted by atomic mass is 35.5. The van der Waals surface area contributed by atoms with E-state index in [0.29, 0.717) is 38.5 Å². The number of halogens is 4. The zero-order valence-electron chi connectivity index (χ0n) is 26.0. The molecule has 0 spiro atoms. The summed E-state index contributed by atoms with van der Waals surface area (Å²) in [4.78, 5) is 47.4. The summed E-state index contributed by atoms with van der Waals surface area (Å²) in [7, 11) is 0. The molecule has 254 valence electrons. The number of nitrogens with one attached hydrogen (secondary N) is 1. The van der Waals surface area contributed by atoms with E-state index in [2.05, 4.69) is 10.2 Å². The maximum Gasteiger partial charge on any atom is 0.420 e. The molecule has 3 saturated heterocycles. The second-order valence-corrected chi connectivity index (χ2v) is 13.2. The highest BCUT2D eigenvalue weighted by molar-refractivity contribution is 6.32. The first kappa shape index (κ1) is 33.2. The normalized spacial score (nSPS) is 20.6. The van der Waals surface area contributed by atoms with Crippen molar-refractivity contribution >= 4 is 35.3 Å². The quantitative estimate of drug-likeness (QED) is 0.406. The van der Waals surface area contributed by atoms with Gasteiger partial charge in [0.25, 0.3) is 5.91 Å². The Morgan fingerprint density at radius 3 is 2.28 bits per heavy atom. The summed E-state index contributed by atoms with van der Waals surface area (Å²) in [6, 6.07) is 9.54. The number of nitrogens with zero attached hydrogens (tertiary/aromatic N) is 4. The van der Waals surface area contributed by atoms with Crippen LogP contribution in [0.3, 0.4) is 0 Å². The van der Waals surface area contributed by atoms with Crippen LogP contribution in [0.5, 0.6) is 5.75 Å². The van der Waals surface area contributed by atoms with Crippen molar-refractivity contribution in [3.63, 3.8) is 0 Å². The topological polar surface area (TPSA) is 106 Å². The van der Waals surface area contributed by atoms with Crippen molar-refractivity contribution in [1.29, 1.82) is 0 Å². The Morgan fingerprint density at radius 2 is 1.60 bits per heavy atom. The number of hydrogen-bond donors (Lipinski definition) is 2. The van der Waals surface area contributed by atoms with Crippen molar-refractivity contribution < 1.29 is 37.4 Å². The lowest BCUT2D eigenvalue weighted by molar-refractivity contribution is -0.142. The number of carbonyl (C=O) groups is 3. The molecular formula is C33H39ClF3N5O5. The van der Waals surface area contributed by atoms with E-state index in [1.165, 1.54) is 4.90 Å². The van der Waals surface area contributed by atoms with E-state index < -0.39 is 40.6 Å². The van der Waals surface area contributed by atoms with Gasteiger partial charge in [-0.15, -0.1) is 0 Å². The first-order chi connectivity index (χ1) is 22.5. The lowest BCUT2D eigenvalue weighted by Gasteiger charge is -2.40. The van der Waals surface area contributed by atoms with E-state index in [-0.39, 0.29) is 37.1 Å². The molecule has 0 aliphatic carbocycles. The molecule has 6 rings (SSSR count). The third kappa shape index (κ3) is 7.40. The molecule has 1 atom stereocenters.